The van der Waals surface area contributed by atoms with Crippen LogP contribution in [0.4, 0.5) is 5.69 Å². The minimum absolute atomic E-state index is 0.0474. The quantitative estimate of drug-likeness (QED) is 0.512. The van der Waals surface area contributed by atoms with E-state index in [9.17, 15) is 4.79 Å². The van der Waals surface area contributed by atoms with Crippen LogP contribution in [-0.4, -0.2) is 10.6 Å². The molecule has 0 N–H and O–H groups in total. The largest absolute Gasteiger partial charge is 0.293 e. The molecule has 1 unspecified atom stereocenters. The minimum atomic E-state index is -0.0474. The van der Waals surface area contributed by atoms with Gasteiger partial charge in [-0.3, -0.25) is 4.79 Å². The van der Waals surface area contributed by atoms with Crippen LogP contribution in [0.15, 0.2) is 18.2 Å². The Kier molecular flexibility index (Phi) is 2.39. The fourth-order valence-corrected chi connectivity index (χ4v) is 2.15. The Hall–Kier alpha value is -1.14. The van der Waals surface area contributed by atoms with Gasteiger partial charge in [0.2, 0.25) is 0 Å². The Morgan fingerprint density at radius 3 is 3.00 bits per heavy atom. The van der Waals surface area contributed by atoms with E-state index in [0.717, 1.165) is 24.0 Å². The van der Waals surface area contributed by atoms with Crippen molar-refractivity contribution in [2.24, 2.45) is 0 Å². The van der Waals surface area contributed by atoms with Crippen LogP contribution >= 0.6 is 15.9 Å². The molecule has 1 aromatic carbocycles. The smallest absolute Gasteiger partial charge is 0.187 e. The molecule has 0 spiro atoms. The third-order valence-electron chi connectivity index (χ3n) is 2.44. The van der Waals surface area contributed by atoms with Gasteiger partial charge < -0.3 is 0 Å². The van der Waals surface area contributed by atoms with Crippen LogP contribution in [0, 0.1) is 6.57 Å². The van der Waals surface area contributed by atoms with Gasteiger partial charge in [0.05, 0.1) is 11.4 Å². The number of fused-ring (bicyclic) bond motifs is 1. The molecular formula is C11H8BrNO. The van der Waals surface area contributed by atoms with Gasteiger partial charge in [-0.15, -0.1) is 0 Å². The average Bonchev–Trinajstić information content (AvgIpc) is 2.23. The molecule has 0 amide bonds. The summed E-state index contributed by atoms with van der Waals surface area (Å²) in [6, 6.07) is 5.28. The molecule has 0 aromatic heterocycles. The molecule has 14 heavy (non-hydrogen) atoms. The average molecular weight is 250 g/mol. The number of alkyl halides is 1. The molecule has 0 saturated carbocycles. The van der Waals surface area contributed by atoms with E-state index in [1.54, 1.807) is 12.1 Å². The molecule has 1 aromatic rings. The van der Waals surface area contributed by atoms with E-state index >= 15 is 0 Å². The highest BCUT2D eigenvalue weighted by atomic mass is 79.9. The van der Waals surface area contributed by atoms with Crippen LogP contribution in [0.5, 0.6) is 0 Å². The van der Waals surface area contributed by atoms with E-state index in [-0.39, 0.29) is 10.6 Å². The number of Topliss-reactive ketones (excluding diaryl/α,β-unsaturated/α-hetero) is 1. The molecular weight excluding hydrogens is 242 g/mol. The van der Waals surface area contributed by atoms with Crippen LogP contribution in [0.2, 0.25) is 0 Å². The van der Waals surface area contributed by atoms with E-state index in [1.165, 1.54) is 0 Å². The first-order chi connectivity index (χ1) is 6.72. The number of nitrogens with zero attached hydrogens (tertiary/aromatic N) is 1. The van der Waals surface area contributed by atoms with Crippen molar-refractivity contribution in [3.8, 4) is 0 Å². The van der Waals surface area contributed by atoms with Crippen molar-refractivity contribution in [1.29, 1.82) is 0 Å². The predicted octanol–water partition coefficient (Wildman–Crippen LogP) is 3.13. The SMILES string of the molecule is [C-]#[N+]c1ccc2c(c1)CCC(Br)C2=O. The minimum Gasteiger partial charge on any atom is -0.293 e. The zero-order chi connectivity index (χ0) is 10.1. The summed E-state index contributed by atoms with van der Waals surface area (Å²) >= 11 is 3.35. The molecule has 1 aliphatic carbocycles. The summed E-state index contributed by atoms with van der Waals surface area (Å²) in [5, 5.41) is 0. The summed E-state index contributed by atoms with van der Waals surface area (Å²) in [6.45, 7) is 6.88. The fraction of sp³-hybridized carbons (Fsp3) is 0.273. The molecule has 0 saturated heterocycles. The van der Waals surface area contributed by atoms with Gasteiger partial charge in [-0.05, 0) is 18.4 Å². The third kappa shape index (κ3) is 1.46. The zero-order valence-electron chi connectivity index (χ0n) is 7.46. The van der Waals surface area contributed by atoms with E-state index in [2.05, 4.69) is 20.8 Å². The molecule has 0 radical (unpaired) electrons. The lowest BCUT2D eigenvalue weighted by atomic mass is 9.90. The van der Waals surface area contributed by atoms with E-state index in [1.807, 2.05) is 6.07 Å². The Morgan fingerprint density at radius 1 is 1.50 bits per heavy atom. The maximum atomic E-state index is 11.7. The Balaban J connectivity index is 2.50. The van der Waals surface area contributed by atoms with Gasteiger partial charge in [-0.25, -0.2) is 4.85 Å². The number of benzene rings is 1. The van der Waals surface area contributed by atoms with Gasteiger partial charge >= 0.3 is 0 Å². The zero-order valence-corrected chi connectivity index (χ0v) is 9.04. The summed E-state index contributed by atoms with van der Waals surface area (Å²) in [4.78, 5) is 15.0. The molecule has 2 rings (SSSR count). The first kappa shape index (κ1) is 9.42. The topological polar surface area (TPSA) is 21.4 Å². The molecule has 1 atom stereocenters. The van der Waals surface area contributed by atoms with Crippen LogP contribution in [-0.2, 0) is 6.42 Å². The second kappa shape index (κ2) is 3.55. The van der Waals surface area contributed by atoms with Crippen molar-refractivity contribution >= 4 is 27.4 Å². The molecule has 0 fully saturated rings. The highest BCUT2D eigenvalue weighted by molar-refractivity contribution is 9.10. The van der Waals surface area contributed by atoms with E-state index < -0.39 is 0 Å². The first-order valence-electron chi connectivity index (χ1n) is 4.41. The second-order valence-corrected chi connectivity index (χ2v) is 4.43. The maximum absolute atomic E-state index is 11.7. The molecule has 1 aliphatic rings. The summed E-state index contributed by atoms with van der Waals surface area (Å²) in [5.41, 5.74) is 2.40. The van der Waals surface area contributed by atoms with Crippen molar-refractivity contribution < 1.29 is 4.79 Å². The Labute approximate surface area is 90.9 Å². The van der Waals surface area contributed by atoms with Crippen molar-refractivity contribution in [3.63, 3.8) is 0 Å². The van der Waals surface area contributed by atoms with Crippen LogP contribution in [0.1, 0.15) is 22.3 Å². The molecule has 0 aliphatic heterocycles. The standard InChI is InChI=1S/C11H8BrNO/c1-13-8-3-4-9-7(6-8)2-5-10(12)11(9)14/h3-4,6,10H,2,5H2. The molecule has 2 nitrogen and oxygen atoms in total. The number of hydrogen-bond acceptors (Lipinski definition) is 1. The Morgan fingerprint density at radius 2 is 2.29 bits per heavy atom. The van der Waals surface area contributed by atoms with Crippen LogP contribution in [0.25, 0.3) is 4.85 Å². The number of rotatable bonds is 0. The van der Waals surface area contributed by atoms with Gasteiger partial charge in [-0.2, -0.15) is 0 Å². The lowest BCUT2D eigenvalue weighted by Gasteiger charge is -2.18. The number of hydrogen-bond donors (Lipinski definition) is 0. The summed E-state index contributed by atoms with van der Waals surface area (Å²) in [6.07, 6.45) is 1.70. The van der Waals surface area contributed by atoms with Crippen molar-refractivity contribution in [2.75, 3.05) is 0 Å². The number of ketones is 1. The fourth-order valence-electron chi connectivity index (χ4n) is 1.68. The number of aryl methyl sites for hydroxylation is 1. The lowest BCUT2D eigenvalue weighted by molar-refractivity contribution is 0.0981. The van der Waals surface area contributed by atoms with Gasteiger partial charge in [0.25, 0.3) is 0 Å². The number of halogens is 1. The maximum Gasteiger partial charge on any atom is 0.187 e. The van der Waals surface area contributed by atoms with E-state index in [4.69, 9.17) is 6.57 Å². The van der Waals surface area contributed by atoms with E-state index in [0.29, 0.717) is 5.69 Å². The number of carbonyl (C=O) groups excluding carboxylic acids is 1. The lowest BCUT2D eigenvalue weighted by Crippen LogP contribution is -2.22. The van der Waals surface area contributed by atoms with Gasteiger partial charge in [0.15, 0.2) is 11.5 Å². The van der Waals surface area contributed by atoms with Crippen molar-refractivity contribution in [2.45, 2.75) is 17.7 Å². The van der Waals surface area contributed by atoms with Gasteiger partial charge in [0.1, 0.15) is 0 Å². The molecule has 70 valence electrons. The van der Waals surface area contributed by atoms with Gasteiger partial charge in [-0.1, -0.05) is 34.1 Å². The van der Waals surface area contributed by atoms with Crippen molar-refractivity contribution in [3.05, 3.63) is 40.7 Å². The summed E-state index contributed by atoms with van der Waals surface area (Å²) < 4.78 is 0. The van der Waals surface area contributed by atoms with Gasteiger partial charge in [0, 0.05) is 5.56 Å². The monoisotopic (exact) mass is 249 g/mol. The normalized spacial score (nSPS) is 20.0. The highest BCUT2D eigenvalue weighted by Gasteiger charge is 2.24. The van der Waals surface area contributed by atoms with Crippen LogP contribution in [0.3, 0.4) is 0 Å². The second-order valence-electron chi connectivity index (χ2n) is 3.32. The summed E-state index contributed by atoms with van der Waals surface area (Å²) in [7, 11) is 0. The van der Waals surface area contributed by atoms with Crippen molar-refractivity contribution in [1.82, 2.24) is 0 Å². The Bertz CT molecular complexity index is 433. The first-order valence-corrected chi connectivity index (χ1v) is 5.32. The molecule has 0 bridgehead atoms. The molecule has 0 heterocycles. The summed E-state index contributed by atoms with van der Waals surface area (Å²) in [5.74, 6) is 0.141. The van der Waals surface area contributed by atoms with Crippen LogP contribution < -0.4 is 0 Å². The highest BCUT2D eigenvalue weighted by Crippen LogP contribution is 2.28. The third-order valence-corrected chi connectivity index (χ3v) is 3.31. The predicted molar refractivity (Wildman–Crippen MR) is 58.1 cm³/mol. The number of carbonyl (C=O) groups is 1. The molecule has 3 heteroatoms.